The fourth-order valence-electron chi connectivity index (χ4n) is 3.58. The van der Waals surface area contributed by atoms with E-state index in [4.69, 9.17) is 0 Å². The van der Waals surface area contributed by atoms with Crippen LogP contribution in [-0.2, 0) is 6.42 Å². The van der Waals surface area contributed by atoms with E-state index in [1.54, 1.807) is 0 Å². The highest BCUT2D eigenvalue weighted by molar-refractivity contribution is 5.26. The average Bonchev–Trinajstić information content (AvgIpc) is 2.46. The van der Waals surface area contributed by atoms with Gasteiger partial charge in [-0.1, -0.05) is 64.3 Å². The molecule has 1 aliphatic rings. The molecular weight excluding hydrogens is 242 g/mol. The lowest BCUT2D eigenvalue weighted by Crippen LogP contribution is -2.29. The molecule has 1 atom stereocenters. The molecule has 1 aromatic rings. The Labute approximate surface area is 125 Å². The summed E-state index contributed by atoms with van der Waals surface area (Å²) in [5, 5.41) is 3.73. The molecule has 1 saturated carbocycles. The summed E-state index contributed by atoms with van der Waals surface area (Å²) in [6.45, 7) is 7.87. The van der Waals surface area contributed by atoms with E-state index in [1.807, 2.05) is 0 Å². The van der Waals surface area contributed by atoms with Gasteiger partial charge >= 0.3 is 0 Å². The van der Waals surface area contributed by atoms with Gasteiger partial charge in [-0.15, -0.1) is 0 Å². The van der Waals surface area contributed by atoms with Gasteiger partial charge in [-0.05, 0) is 48.8 Å². The van der Waals surface area contributed by atoms with Gasteiger partial charge in [-0.3, -0.25) is 0 Å². The maximum absolute atomic E-state index is 3.73. The van der Waals surface area contributed by atoms with Crippen molar-refractivity contribution in [3.63, 3.8) is 0 Å². The first-order chi connectivity index (χ1) is 9.70. The molecule has 0 spiro atoms. The van der Waals surface area contributed by atoms with E-state index < -0.39 is 0 Å². The Balaban J connectivity index is 2.07. The molecule has 0 amide bonds. The second kappa shape index (κ2) is 7.83. The molecule has 0 saturated heterocycles. The van der Waals surface area contributed by atoms with Crippen LogP contribution < -0.4 is 5.32 Å². The molecular formula is C19H31N. The van der Waals surface area contributed by atoms with E-state index in [0.29, 0.717) is 6.04 Å². The zero-order valence-electron chi connectivity index (χ0n) is 13.5. The molecule has 1 aliphatic carbocycles. The highest BCUT2D eigenvalue weighted by atomic mass is 14.9. The van der Waals surface area contributed by atoms with Gasteiger partial charge in [0.1, 0.15) is 0 Å². The molecule has 0 heterocycles. The Kier molecular flexibility index (Phi) is 6.09. The summed E-state index contributed by atoms with van der Waals surface area (Å²) in [6.07, 6.45) is 8.24. The predicted molar refractivity (Wildman–Crippen MR) is 88.0 cm³/mol. The van der Waals surface area contributed by atoms with Crippen LogP contribution in [0.4, 0.5) is 0 Å². The van der Waals surface area contributed by atoms with Crippen molar-refractivity contribution in [1.82, 2.24) is 5.32 Å². The molecule has 0 aliphatic heterocycles. The summed E-state index contributed by atoms with van der Waals surface area (Å²) in [5.41, 5.74) is 2.97. The van der Waals surface area contributed by atoms with Gasteiger partial charge in [0.25, 0.3) is 0 Å². The van der Waals surface area contributed by atoms with Crippen molar-refractivity contribution in [2.24, 2.45) is 11.8 Å². The van der Waals surface area contributed by atoms with Crippen LogP contribution in [0.15, 0.2) is 24.3 Å². The van der Waals surface area contributed by atoms with E-state index in [1.165, 1.54) is 49.7 Å². The summed E-state index contributed by atoms with van der Waals surface area (Å²) in [5.74, 6) is 1.57. The number of nitrogens with one attached hydrogen (secondary N) is 1. The Hall–Kier alpha value is -0.820. The van der Waals surface area contributed by atoms with Crippen LogP contribution in [0.3, 0.4) is 0 Å². The van der Waals surface area contributed by atoms with E-state index in [2.05, 4.69) is 50.4 Å². The van der Waals surface area contributed by atoms with Crippen LogP contribution in [0, 0.1) is 11.8 Å². The smallest absolute Gasteiger partial charge is 0.0348 e. The molecule has 0 radical (unpaired) electrons. The fraction of sp³-hybridized carbons (Fsp3) is 0.684. The second-order valence-electron chi connectivity index (χ2n) is 6.77. The minimum Gasteiger partial charge on any atom is -0.310 e. The number of hydrogen-bond acceptors (Lipinski definition) is 1. The highest BCUT2D eigenvalue weighted by Crippen LogP contribution is 2.34. The van der Waals surface area contributed by atoms with Gasteiger partial charge in [0.05, 0.1) is 0 Å². The molecule has 1 N–H and O–H groups in total. The van der Waals surface area contributed by atoms with Crippen molar-refractivity contribution in [3.05, 3.63) is 35.4 Å². The molecule has 1 aromatic carbocycles. The summed E-state index contributed by atoms with van der Waals surface area (Å²) in [6, 6.07) is 9.96. The SMILES string of the molecule is CCNC(c1ccc(CC(C)C)cc1)C1CCCCC1. The van der Waals surface area contributed by atoms with Crippen molar-refractivity contribution >= 4 is 0 Å². The minimum atomic E-state index is 0.563. The van der Waals surface area contributed by atoms with Crippen LogP contribution in [-0.4, -0.2) is 6.54 Å². The van der Waals surface area contributed by atoms with Crippen LogP contribution in [0.1, 0.15) is 70.0 Å². The molecule has 2 rings (SSSR count). The Morgan fingerprint density at radius 3 is 2.25 bits per heavy atom. The topological polar surface area (TPSA) is 12.0 Å². The zero-order chi connectivity index (χ0) is 14.4. The average molecular weight is 273 g/mol. The summed E-state index contributed by atoms with van der Waals surface area (Å²) in [4.78, 5) is 0. The third-order valence-corrected chi connectivity index (χ3v) is 4.53. The van der Waals surface area contributed by atoms with Crippen molar-refractivity contribution in [2.45, 2.75) is 65.3 Å². The van der Waals surface area contributed by atoms with E-state index in [9.17, 15) is 0 Å². The standard InChI is InChI=1S/C19H31N/c1-4-20-19(17-8-6-5-7-9-17)18-12-10-16(11-13-18)14-15(2)3/h10-13,15,17,19-20H,4-9,14H2,1-3H3. The quantitative estimate of drug-likeness (QED) is 0.759. The maximum Gasteiger partial charge on any atom is 0.0348 e. The zero-order valence-corrected chi connectivity index (χ0v) is 13.5. The van der Waals surface area contributed by atoms with Crippen molar-refractivity contribution in [3.8, 4) is 0 Å². The number of hydrogen-bond donors (Lipinski definition) is 1. The maximum atomic E-state index is 3.73. The fourth-order valence-corrected chi connectivity index (χ4v) is 3.58. The highest BCUT2D eigenvalue weighted by Gasteiger charge is 2.24. The molecule has 1 fully saturated rings. The Morgan fingerprint density at radius 2 is 1.70 bits per heavy atom. The second-order valence-corrected chi connectivity index (χ2v) is 6.77. The predicted octanol–water partition coefficient (Wildman–Crippen LogP) is 5.12. The first-order valence-corrected chi connectivity index (χ1v) is 8.53. The normalized spacial score (nSPS) is 18.4. The van der Waals surface area contributed by atoms with Crippen LogP contribution >= 0.6 is 0 Å². The number of benzene rings is 1. The third-order valence-electron chi connectivity index (χ3n) is 4.53. The van der Waals surface area contributed by atoms with Crippen LogP contribution in [0.2, 0.25) is 0 Å². The lowest BCUT2D eigenvalue weighted by Gasteiger charge is -2.31. The molecule has 1 unspecified atom stereocenters. The number of rotatable bonds is 6. The summed E-state index contributed by atoms with van der Waals surface area (Å²) in [7, 11) is 0. The molecule has 1 nitrogen and oxygen atoms in total. The summed E-state index contributed by atoms with van der Waals surface area (Å²) >= 11 is 0. The van der Waals surface area contributed by atoms with Gasteiger partial charge in [0.2, 0.25) is 0 Å². The van der Waals surface area contributed by atoms with Gasteiger partial charge in [-0.25, -0.2) is 0 Å². The third kappa shape index (κ3) is 4.34. The van der Waals surface area contributed by atoms with Crippen LogP contribution in [0.5, 0.6) is 0 Å². The molecule has 0 bridgehead atoms. The first-order valence-electron chi connectivity index (χ1n) is 8.53. The van der Waals surface area contributed by atoms with Gasteiger partial charge in [-0.2, -0.15) is 0 Å². The van der Waals surface area contributed by atoms with Gasteiger partial charge < -0.3 is 5.32 Å². The van der Waals surface area contributed by atoms with E-state index >= 15 is 0 Å². The van der Waals surface area contributed by atoms with Crippen molar-refractivity contribution < 1.29 is 0 Å². The molecule has 20 heavy (non-hydrogen) atoms. The molecule has 0 aromatic heterocycles. The van der Waals surface area contributed by atoms with Crippen molar-refractivity contribution in [1.29, 1.82) is 0 Å². The Morgan fingerprint density at radius 1 is 1.05 bits per heavy atom. The van der Waals surface area contributed by atoms with Crippen molar-refractivity contribution in [2.75, 3.05) is 6.54 Å². The van der Waals surface area contributed by atoms with Gasteiger partial charge in [0.15, 0.2) is 0 Å². The van der Waals surface area contributed by atoms with Gasteiger partial charge in [0, 0.05) is 6.04 Å². The summed E-state index contributed by atoms with van der Waals surface area (Å²) < 4.78 is 0. The molecule has 112 valence electrons. The van der Waals surface area contributed by atoms with Crippen LogP contribution in [0.25, 0.3) is 0 Å². The minimum absolute atomic E-state index is 0.563. The molecule has 1 heteroatoms. The lowest BCUT2D eigenvalue weighted by molar-refractivity contribution is 0.274. The van der Waals surface area contributed by atoms with E-state index in [0.717, 1.165) is 18.4 Å². The monoisotopic (exact) mass is 273 g/mol. The Bertz CT molecular complexity index is 373. The van der Waals surface area contributed by atoms with E-state index in [-0.39, 0.29) is 0 Å². The largest absolute Gasteiger partial charge is 0.310 e. The lowest BCUT2D eigenvalue weighted by atomic mass is 9.81. The first kappa shape index (κ1) is 15.6.